The Bertz CT molecular complexity index is 436. The Morgan fingerprint density at radius 1 is 1.53 bits per heavy atom. The van der Waals surface area contributed by atoms with Crippen molar-refractivity contribution in [3.05, 3.63) is 28.5 Å². The molecule has 1 saturated carbocycles. The summed E-state index contributed by atoms with van der Waals surface area (Å²) in [7, 11) is 0. The van der Waals surface area contributed by atoms with Gasteiger partial charge < -0.3 is 9.47 Å². The van der Waals surface area contributed by atoms with Crippen LogP contribution in [0.15, 0.2) is 22.7 Å². The molecule has 1 fully saturated rings. The van der Waals surface area contributed by atoms with E-state index in [9.17, 15) is 9.18 Å². The first kappa shape index (κ1) is 12.5. The van der Waals surface area contributed by atoms with E-state index in [1.165, 1.54) is 6.07 Å². The van der Waals surface area contributed by atoms with Gasteiger partial charge in [-0.05, 0) is 25.1 Å². The number of benzene rings is 1. The molecule has 1 aromatic carbocycles. The molecule has 92 valence electrons. The van der Waals surface area contributed by atoms with Crippen molar-refractivity contribution in [2.75, 3.05) is 6.61 Å². The third-order valence-electron chi connectivity index (χ3n) is 2.58. The Balaban J connectivity index is 2.06. The number of carbonyl (C=O) groups is 1. The molecule has 0 heterocycles. The zero-order valence-corrected chi connectivity index (χ0v) is 10.9. The fourth-order valence-electron chi connectivity index (χ4n) is 1.68. The van der Waals surface area contributed by atoms with Crippen molar-refractivity contribution in [2.45, 2.75) is 25.6 Å². The lowest BCUT2D eigenvalue weighted by molar-refractivity contribution is -0.154. The standard InChI is InChI=1S/C12H12BrFO3/c1-2-16-12-9(15)6-11(12)17-10-5-7(13)3-4-8(10)14/h3-5,11-12H,2,6H2,1H3. The van der Waals surface area contributed by atoms with Gasteiger partial charge in [-0.15, -0.1) is 0 Å². The molecule has 0 aromatic heterocycles. The minimum absolute atomic E-state index is 0.00672. The first-order valence-corrected chi connectivity index (χ1v) is 6.17. The summed E-state index contributed by atoms with van der Waals surface area (Å²) in [5, 5.41) is 0. The SMILES string of the molecule is CCOC1C(=O)CC1Oc1cc(Br)ccc1F. The van der Waals surface area contributed by atoms with Crippen LogP contribution in [-0.4, -0.2) is 24.6 Å². The molecule has 1 aliphatic carbocycles. The number of hydrogen-bond donors (Lipinski definition) is 0. The van der Waals surface area contributed by atoms with Crippen LogP contribution in [0.3, 0.4) is 0 Å². The Kier molecular flexibility index (Phi) is 3.79. The molecule has 0 N–H and O–H groups in total. The summed E-state index contributed by atoms with van der Waals surface area (Å²) < 4.78 is 24.8. The van der Waals surface area contributed by atoms with Crippen LogP contribution in [-0.2, 0) is 9.53 Å². The Morgan fingerprint density at radius 3 is 2.94 bits per heavy atom. The number of ether oxygens (including phenoxy) is 2. The predicted molar refractivity (Wildman–Crippen MR) is 63.6 cm³/mol. The highest BCUT2D eigenvalue weighted by molar-refractivity contribution is 9.10. The lowest BCUT2D eigenvalue weighted by Gasteiger charge is -2.34. The molecule has 2 rings (SSSR count). The van der Waals surface area contributed by atoms with Crippen molar-refractivity contribution < 1.29 is 18.7 Å². The van der Waals surface area contributed by atoms with Crippen LogP contribution in [0.25, 0.3) is 0 Å². The maximum absolute atomic E-state index is 13.4. The largest absolute Gasteiger partial charge is 0.484 e. The summed E-state index contributed by atoms with van der Waals surface area (Å²) in [5.74, 6) is -0.295. The zero-order chi connectivity index (χ0) is 12.4. The second-order valence-corrected chi connectivity index (χ2v) is 4.69. The molecule has 0 spiro atoms. The van der Waals surface area contributed by atoms with E-state index in [4.69, 9.17) is 9.47 Å². The molecule has 2 unspecified atom stereocenters. The second-order valence-electron chi connectivity index (χ2n) is 3.78. The van der Waals surface area contributed by atoms with Crippen molar-refractivity contribution in [3.63, 3.8) is 0 Å². The highest BCUT2D eigenvalue weighted by Crippen LogP contribution is 2.29. The highest BCUT2D eigenvalue weighted by Gasteiger charge is 2.42. The van der Waals surface area contributed by atoms with Crippen LogP contribution in [0.5, 0.6) is 5.75 Å². The van der Waals surface area contributed by atoms with E-state index in [2.05, 4.69) is 15.9 Å². The molecule has 0 radical (unpaired) electrons. The van der Waals surface area contributed by atoms with Crippen LogP contribution >= 0.6 is 15.9 Å². The number of ketones is 1. The number of Topliss-reactive ketones (excluding diaryl/α,β-unsaturated/α-hetero) is 1. The molecular formula is C12H12BrFO3. The van der Waals surface area contributed by atoms with Gasteiger partial charge in [-0.2, -0.15) is 0 Å². The Labute approximate surface area is 107 Å². The van der Waals surface area contributed by atoms with Gasteiger partial charge in [0.05, 0.1) is 0 Å². The van der Waals surface area contributed by atoms with Gasteiger partial charge in [-0.3, -0.25) is 4.79 Å². The fraction of sp³-hybridized carbons (Fsp3) is 0.417. The van der Waals surface area contributed by atoms with Crippen LogP contribution in [0.4, 0.5) is 4.39 Å². The molecule has 17 heavy (non-hydrogen) atoms. The van der Waals surface area contributed by atoms with E-state index in [0.29, 0.717) is 6.61 Å². The van der Waals surface area contributed by atoms with Crippen LogP contribution in [0, 0.1) is 5.82 Å². The van der Waals surface area contributed by atoms with Crippen molar-refractivity contribution in [1.82, 2.24) is 0 Å². The summed E-state index contributed by atoms with van der Waals surface area (Å²) in [6, 6.07) is 4.45. The van der Waals surface area contributed by atoms with E-state index in [1.54, 1.807) is 12.1 Å². The summed E-state index contributed by atoms with van der Waals surface area (Å²) in [6.45, 7) is 2.25. The third-order valence-corrected chi connectivity index (χ3v) is 3.07. The lowest BCUT2D eigenvalue weighted by Crippen LogP contribution is -2.52. The second kappa shape index (κ2) is 5.14. The van der Waals surface area contributed by atoms with Gasteiger partial charge in [-0.25, -0.2) is 4.39 Å². The van der Waals surface area contributed by atoms with Gasteiger partial charge in [0.15, 0.2) is 23.5 Å². The highest BCUT2D eigenvalue weighted by atomic mass is 79.9. The summed E-state index contributed by atoms with van der Waals surface area (Å²) >= 11 is 3.24. The smallest absolute Gasteiger partial charge is 0.169 e. The van der Waals surface area contributed by atoms with E-state index < -0.39 is 11.9 Å². The van der Waals surface area contributed by atoms with E-state index in [0.717, 1.165) is 4.47 Å². The van der Waals surface area contributed by atoms with Crippen molar-refractivity contribution in [1.29, 1.82) is 0 Å². The van der Waals surface area contributed by atoms with Crippen molar-refractivity contribution >= 4 is 21.7 Å². The maximum atomic E-state index is 13.4. The number of rotatable bonds is 4. The number of carbonyl (C=O) groups excluding carboxylic acids is 1. The number of hydrogen-bond acceptors (Lipinski definition) is 3. The minimum Gasteiger partial charge on any atom is -0.484 e. The molecule has 3 nitrogen and oxygen atoms in total. The van der Waals surface area contributed by atoms with Gasteiger partial charge >= 0.3 is 0 Å². The topological polar surface area (TPSA) is 35.5 Å². The van der Waals surface area contributed by atoms with Crippen LogP contribution < -0.4 is 4.74 Å². The van der Waals surface area contributed by atoms with Gasteiger partial charge in [0.2, 0.25) is 0 Å². The van der Waals surface area contributed by atoms with Crippen molar-refractivity contribution in [2.24, 2.45) is 0 Å². The first-order valence-electron chi connectivity index (χ1n) is 5.38. The Morgan fingerprint density at radius 2 is 2.29 bits per heavy atom. The summed E-state index contributed by atoms with van der Waals surface area (Å²) in [6.07, 6.45) is -0.666. The molecule has 2 atom stereocenters. The van der Waals surface area contributed by atoms with E-state index in [1.807, 2.05) is 6.92 Å². The van der Waals surface area contributed by atoms with Crippen molar-refractivity contribution in [3.8, 4) is 5.75 Å². The third kappa shape index (κ3) is 2.66. The van der Waals surface area contributed by atoms with E-state index >= 15 is 0 Å². The molecule has 0 amide bonds. The average Bonchev–Trinajstić information content (AvgIpc) is 2.30. The fourth-order valence-corrected chi connectivity index (χ4v) is 2.02. The molecule has 0 saturated heterocycles. The van der Waals surface area contributed by atoms with Gasteiger partial charge in [0.25, 0.3) is 0 Å². The lowest BCUT2D eigenvalue weighted by atomic mass is 9.90. The zero-order valence-electron chi connectivity index (χ0n) is 9.28. The minimum atomic E-state index is -0.557. The van der Waals surface area contributed by atoms with Crippen LogP contribution in [0.2, 0.25) is 0 Å². The van der Waals surface area contributed by atoms with Gasteiger partial charge in [0, 0.05) is 17.5 Å². The molecule has 0 aliphatic heterocycles. The first-order chi connectivity index (χ1) is 8.11. The summed E-state index contributed by atoms with van der Waals surface area (Å²) in [5.41, 5.74) is 0. The quantitative estimate of drug-likeness (QED) is 0.858. The molecular weight excluding hydrogens is 291 g/mol. The maximum Gasteiger partial charge on any atom is 0.169 e. The summed E-state index contributed by atoms with van der Waals surface area (Å²) in [4.78, 5) is 11.3. The Hall–Kier alpha value is -0.940. The predicted octanol–water partition coefficient (Wildman–Crippen LogP) is 2.71. The average molecular weight is 303 g/mol. The van der Waals surface area contributed by atoms with Crippen LogP contribution in [0.1, 0.15) is 13.3 Å². The molecule has 0 bridgehead atoms. The normalized spacial score (nSPS) is 23.4. The molecule has 1 aliphatic rings. The molecule has 1 aromatic rings. The monoisotopic (exact) mass is 302 g/mol. The van der Waals surface area contributed by atoms with Gasteiger partial charge in [-0.1, -0.05) is 15.9 Å². The number of halogens is 2. The van der Waals surface area contributed by atoms with E-state index in [-0.39, 0.29) is 24.1 Å². The molecule has 5 heteroatoms. The van der Waals surface area contributed by atoms with Gasteiger partial charge in [0.1, 0.15) is 6.10 Å².